The van der Waals surface area contributed by atoms with E-state index in [1.54, 1.807) is 12.1 Å². The number of hydrogen-bond donors (Lipinski definition) is 0. The summed E-state index contributed by atoms with van der Waals surface area (Å²) in [5.41, 5.74) is 1.87. The highest BCUT2D eigenvalue weighted by atomic mass is 32.2. The minimum atomic E-state index is -3.96. The minimum Gasteiger partial charge on any atom is -0.495 e. The molecular formula is C21H22N2O5S. The Bertz CT molecular complexity index is 1060. The van der Waals surface area contributed by atoms with E-state index >= 15 is 0 Å². The van der Waals surface area contributed by atoms with Gasteiger partial charge in [0.05, 0.1) is 18.5 Å². The number of carbonyl (C=O) groups is 2. The van der Waals surface area contributed by atoms with Gasteiger partial charge < -0.3 is 4.74 Å². The number of sulfonamides is 1. The van der Waals surface area contributed by atoms with Crippen molar-refractivity contribution in [2.24, 2.45) is 0 Å². The quantitative estimate of drug-likeness (QED) is 0.719. The van der Waals surface area contributed by atoms with Crippen molar-refractivity contribution in [2.45, 2.75) is 37.0 Å². The van der Waals surface area contributed by atoms with Gasteiger partial charge in [0, 0.05) is 19.4 Å². The Labute approximate surface area is 169 Å². The summed E-state index contributed by atoms with van der Waals surface area (Å²) in [7, 11) is -2.56. The van der Waals surface area contributed by atoms with Crippen LogP contribution in [0.4, 0.5) is 11.4 Å². The van der Waals surface area contributed by atoms with E-state index in [1.165, 1.54) is 23.5 Å². The molecule has 0 aliphatic carbocycles. The number of carbonyl (C=O) groups excluding carboxylic acids is 2. The summed E-state index contributed by atoms with van der Waals surface area (Å²) in [5, 5.41) is 0. The topological polar surface area (TPSA) is 84.0 Å². The molecule has 4 rings (SSSR count). The van der Waals surface area contributed by atoms with Crippen LogP contribution in [0.2, 0.25) is 0 Å². The van der Waals surface area contributed by atoms with Crippen molar-refractivity contribution >= 4 is 33.2 Å². The second-order valence-corrected chi connectivity index (χ2v) is 8.95. The maximum Gasteiger partial charge on any atom is 0.268 e. The van der Waals surface area contributed by atoms with Crippen LogP contribution in [0.1, 0.15) is 31.2 Å². The number of methoxy groups -OCH3 is 1. The molecule has 2 aromatic rings. The zero-order chi connectivity index (χ0) is 20.6. The standard InChI is InChI=1S/C21H22N2O5S/c1-28-18-12-11-16(23-20(24)9-4-10-21(23)25)14-19(18)29(26,27)22-13-5-7-15-6-2-3-8-17(15)22/h2-3,6,8,11-12,14H,4-5,7,9-10,13H2,1H3. The monoisotopic (exact) mass is 414 g/mol. The lowest BCUT2D eigenvalue weighted by Gasteiger charge is -2.31. The third kappa shape index (κ3) is 3.37. The number of piperidine rings is 1. The summed E-state index contributed by atoms with van der Waals surface area (Å²) in [6, 6.07) is 11.8. The number of nitrogens with zero attached hydrogens (tertiary/aromatic N) is 2. The maximum atomic E-state index is 13.6. The van der Waals surface area contributed by atoms with Gasteiger partial charge in [0.2, 0.25) is 11.8 Å². The highest BCUT2D eigenvalue weighted by Crippen LogP contribution is 2.37. The Kier molecular flexibility index (Phi) is 5.04. The van der Waals surface area contributed by atoms with Crippen LogP contribution in [0.5, 0.6) is 5.75 Å². The molecule has 1 fully saturated rings. The number of fused-ring (bicyclic) bond motifs is 1. The van der Waals surface area contributed by atoms with Gasteiger partial charge in [0.1, 0.15) is 10.6 Å². The molecule has 0 bridgehead atoms. The van der Waals surface area contributed by atoms with E-state index in [0.29, 0.717) is 25.1 Å². The number of imide groups is 1. The first kappa shape index (κ1) is 19.4. The van der Waals surface area contributed by atoms with E-state index in [0.717, 1.165) is 16.9 Å². The van der Waals surface area contributed by atoms with Gasteiger partial charge in [-0.25, -0.2) is 8.42 Å². The summed E-state index contributed by atoms with van der Waals surface area (Å²) >= 11 is 0. The summed E-state index contributed by atoms with van der Waals surface area (Å²) < 4.78 is 33.9. The van der Waals surface area contributed by atoms with E-state index in [2.05, 4.69) is 0 Å². The summed E-state index contributed by atoms with van der Waals surface area (Å²) in [4.78, 5) is 25.6. The lowest BCUT2D eigenvalue weighted by atomic mass is 10.0. The fourth-order valence-corrected chi connectivity index (χ4v) is 5.63. The normalized spacial score (nSPS) is 17.3. The predicted octanol–water partition coefficient (Wildman–Crippen LogP) is 2.88. The van der Waals surface area contributed by atoms with E-state index in [1.807, 2.05) is 18.2 Å². The number of amides is 2. The Morgan fingerprint density at radius 3 is 2.38 bits per heavy atom. The molecule has 8 heteroatoms. The first-order valence-corrected chi connectivity index (χ1v) is 11.0. The number of para-hydroxylation sites is 1. The first-order chi connectivity index (χ1) is 13.9. The molecule has 0 saturated carbocycles. The molecule has 0 unspecified atom stereocenters. The van der Waals surface area contributed by atoms with E-state index in [-0.39, 0.29) is 41.0 Å². The molecule has 2 aromatic carbocycles. The van der Waals surface area contributed by atoms with Gasteiger partial charge in [-0.05, 0) is 49.1 Å². The van der Waals surface area contributed by atoms with Crippen molar-refractivity contribution in [1.29, 1.82) is 0 Å². The molecule has 0 aromatic heterocycles. The highest BCUT2D eigenvalue weighted by molar-refractivity contribution is 7.93. The number of benzene rings is 2. The van der Waals surface area contributed by atoms with Crippen LogP contribution in [-0.2, 0) is 26.0 Å². The second-order valence-electron chi connectivity index (χ2n) is 7.12. The number of aryl methyl sites for hydroxylation is 1. The van der Waals surface area contributed by atoms with E-state index in [9.17, 15) is 18.0 Å². The average molecular weight is 414 g/mol. The van der Waals surface area contributed by atoms with Crippen molar-refractivity contribution in [3.05, 3.63) is 48.0 Å². The van der Waals surface area contributed by atoms with Gasteiger partial charge in [-0.2, -0.15) is 0 Å². The Morgan fingerprint density at radius 2 is 1.66 bits per heavy atom. The molecule has 0 spiro atoms. The first-order valence-electron chi connectivity index (χ1n) is 9.58. The summed E-state index contributed by atoms with van der Waals surface area (Å²) in [5.74, 6) is -0.468. The fraction of sp³-hybridized carbons (Fsp3) is 0.333. The molecule has 152 valence electrons. The molecule has 2 aliphatic rings. The van der Waals surface area contributed by atoms with Crippen LogP contribution in [0, 0.1) is 0 Å². The Balaban J connectivity index is 1.82. The average Bonchev–Trinajstić information content (AvgIpc) is 2.73. The molecule has 2 aliphatic heterocycles. The van der Waals surface area contributed by atoms with Crippen molar-refractivity contribution in [2.75, 3.05) is 22.9 Å². The number of hydrogen-bond acceptors (Lipinski definition) is 5. The van der Waals surface area contributed by atoms with Gasteiger partial charge in [-0.3, -0.25) is 18.8 Å². The Hall–Kier alpha value is -2.87. The molecular weight excluding hydrogens is 392 g/mol. The molecule has 29 heavy (non-hydrogen) atoms. The van der Waals surface area contributed by atoms with Crippen molar-refractivity contribution in [3.63, 3.8) is 0 Å². The molecule has 1 saturated heterocycles. The van der Waals surface area contributed by atoms with Gasteiger partial charge in [0.25, 0.3) is 10.0 Å². The van der Waals surface area contributed by atoms with Crippen LogP contribution in [-0.4, -0.2) is 33.9 Å². The predicted molar refractivity (Wildman–Crippen MR) is 109 cm³/mol. The maximum absolute atomic E-state index is 13.6. The number of ether oxygens (including phenoxy) is 1. The highest BCUT2D eigenvalue weighted by Gasteiger charge is 2.34. The van der Waals surface area contributed by atoms with Crippen LogP contribution < -0.4 is 13.9 Å². The van der Waals surface area contributed by atoms with Gasteiger partial charge in [-0.1, -0.05) is 18.2 Å². The third-order valence-corrected chi connectivity index (χ3v) is 7.16. The zero-order valence-electron chi connectivity index (χ0n) is 16.1. The largest absolute Gasteiger partial charge is 0.495 e. The smallest absolute Gasteiger partial charge is 0.268 e. The number of rotatable bonds is 4. The summed E-state index contributed by atoms with van der Waals surface area (Å²) in [6.07, 6.45) is 2.57. The molecule has 0 N–H and O–H groups in total. The molecule has 0 atom stereocenters. The van der Waals surface area contributed by atoms with Crippen molar-refractivity contribution in [1.82, 2.24) is 0 Å². The minimum absolute atomic E-state index is 0.0552. The molecule has 7 nitrogen and oxygen atoms in total. The lowest BCUT2D eigenvalue weighted by molar-refractivity contribution is -0.129. The van der Waals surface area contributed by atoms with Crippen molar-refractivity contribution < 1.29 is 22.7 Å². The number of anilines is 2. The van der Waals surface area contributed by atoms with Gasteiger partial charge in [-0.15, -0.1) is 0 Å². The van der Waals surface area contributed by atoms with Gasteiger partial charge >= 0.3 is 0 Å². The van der Waals surface area contributed by atoms with Gasteiger partial charge in [0.15, 0.2) is 0 Å². The van der Waals surface area contributed by atoms with Crippen LogP contribution in [0.15, 0.2) is 47.4 Å². The van der Waals surface area contributed by atoms with Crippen molar-refractivity contribution in [3.8, 4) is 5.75 Å². The Morgan fingerprint density at radius 1 is 0.931 bits per heavy atom. The summed E-state index contributed by atoms with van der Waals surface area (Å²) in [6.45, 7) is 0.355. The third-order valence-electron chi connectivity index (χ3n) is 5.32. The second kappa shape index (κ2) is 7.51. The SMILES string of the molecule is COc1ccc(N2C(=O)CCCC2=O)cc1S(=O)(=O)N1CCCc2ccccc21. The van der Waals surface area contributed by atoms with Crippen LogP contribution in [0.25, 0.3) is 0 Å². The van der Waals surface area contributed by atoms with E-state index in [4.69, 9.17) is 4.74 Å². The zero-order valence-corrected chi connectivity index (χ0v) is 16.9. The molecule has 2 heterocycles. The van der Waals surface area contributed by atoms with Crippen LogP contribution in [0.3, 0.4) is 0 Å². The van der Waals surface area contributed by atoms with E-state index < -0.39 is 10.0 Å². The molecule has 0 radical (unpaired) electrons. The lowest BCUT2D eigenvalue weighted by Crippen LogP contribution is -2.40. The van der Waals surface area contributed by atoms with Crippen LogP contribution >= 0.6 is 0 Å². The fourth-order valence-electron chi connectivity index (χ4n) is 3.92. The molecule has 2 amide bonds.